The molecule has 5 N–H and O–H groups in total. The first-order valence-corrected chi connectivity index (χ1v) is 10.8. The lowest BCUT2D eigenvalue weighted by atomic mass is 10.0. The van der Waals surface area contributed by atoms with Gasteiger partial charge in [-0.05, 0) is 31.7 Å². The molecule has 0 aliphatic heterocycles. The van der Waals surface area contributed by atoms with Crippen LogP contribution in [0.5, 0.6) is 5.75 Å². The number of rotatable bonds is 10. The third kappa shape index (κ3) is 6.71. The van der Waals surface area contributed by atoms with Gasteiger partial charge in [-0.2, -0.15) is 5.10 Å². The molecule has 2 aromatic rings. The van der Waals surface area contributed by atoms with Crippen LogP contribution in [0.2, 0.25) is 0 Å². The van der Waals surface area contributed by atoms with Crippen LogP contribution in [0.4, 0.5) is 10.6 Å². The number of ether oxygens (including phenoxy) is 2. The van der Waals surface area contributed by atoms with Crippen LogP contribution in [-0.4, -0.2) is 48.0 Å². The van der Waals surface area contributed by atoms with Gasteiger partial charge in [0, 0.05) is 35.8 Å². The summed E-state index contributed by atoms with van der Waals surface area (Å²) in [5, 5.41) is 13.0. The van der Waals surface area contributed by atoms with E-state index in [1.807, 2.05) is 37.3 Å². The molecule has 9 heteroatoms. The Morgan fingerprint density at radius 3 is 2.90 bits per heavy atom. The van der Waals surface area contributed by atoms with Gasteiger partial charge in [-0.3, -0.25) is 9.89 Å². The summed E-state index contributed by atoms with van der Waals surface area (Å²) in [6, 6.07) is 9.36. The summed E-state index contributed by atoms with van der Waals surface area (Å²) in [6.45, 7) is 3.19. The summed E-state index contributed by atoms with van der Waals surface area (Å²) in [5.41, 5.74) is 7.24. The van der Waals surface area contributed by atoms with Crippen LogP contribution in [0.25, 0.3) is 0 Å². The van der Waals surface area contributed by atoms with Crippen LogP contribution < -0.4 is 21.1 Å². The van der Waals surface area contributed by atoms with Gasteiger partial charge >= 0.3 is 6.09 Å². The van der Waals surface area contributed by atoms with Gasteiger partial charge in [0.1, 0.15) is 12.4 Å². The second kappa shape index (κ2) is 11.4. The number of aromatic amines is 1. The van der Waals surface area contributed by atoms with Crippen LogP contribution >= 0.6 is 0 Å². The molecule has 1 aliphatic rings. The molecule has 0 bridgehead atoms. The lowest BCUT2D eigenvalue weighted by molar-refractivity contribution is -0.115. The first-order chi connectivity index (χ1) is 15.1. The molecule has 0 unspecified atom stereocenters. The Balaban J connectivity index is 1.50. The van der Waals surface area contributed by atoms with E-state index in [0.29, 0.717) is 31.3 Å². The minimum absolute atomic E-state index is 0.0840. The number of carbonyl (C=O) groups is 2. The Kier molecular flexibility index (Phi) is 8.28. The normalized spacial score (nSPS) is 17.9. The Hall–Kier alpha value is -3.07. The number of H-pyrrole nitrogens is 1. The van der Waals surface area contributed by atoms with E-state index in [0.717, 1.165) is 36.9 Å². The van der Waals surface area contributed by atoms with Crippen LogP contribution in [0.15, 0.2) is 30.3 Å². The zero-order valence-corrected chi connectivity index (χ0v) is 17.9. The zero-order chi connectivity index (χ0) is 22.1. The quantitative estimate of drug-likeness (QED) is 0.459. The Labute approximate surface area is 182 Å². The van der Waals surface area contributed by atoms with Gasteiger partial charge in [-0.1, -0.05) is 25.1 Å². The summed E-state index contributed by atoms with van der Waals surface area (Å²) in [6.07, 6.45) is 3.24. The fourth-order valence-corrected chi connectivity index (χ4v) is 3.73. The third-order valence-corrected chi connectivity index (χ3v) is 5.20. The van der Waals surface area contributed by atoms with Gasteiger partial charge in [-0.25, -0.2) is 4.79 Å². The number of hydrogen-bond acceptors (Lipinski definition) is 6. The van der Waals surface area contributed by atoms with Crippen molar-refractivity contribution in [2.45, 2.75) is 51.0 Å². The van der Waals surface area contributed by atoms with Crippen LogP contribution in [0.1, 0.15) is 49.8 Å². The fraction of sp³-hybridized carbons (Fsp3) is 0.500. The Morgan fingerprint density at radius 2 is 2.10 bits per heavy atom. The van der Waals surface area contributed by atoms with E-state index in [9.17, 15) is 9.59 Å². The maximum Gasteiger partial charge on any atom is 0.407 e. The number of anilines is 1. The second-order valence-electron chi connectivity index (χ2n) is 7.67. The number of para-hydroxylation sites is 1. The van der Waals surface area contributed by atoms with Crippen molar-refractivity contribution < 1.29 is 19.1 Å². The summed E-state index contributed by atoms with van der Waals surface area (Å²) >= 11 is 0. The highest BCUT2D eigenvalue weighted by atomic mass is 16.5. The van der Waals surface area contributed by atoms with Crippen molar-refractivity contribution in [2.75, 3.05) is 25.1 Å². The van der Waals surface area contributed by atoms with Gasteiger partial charge in [0.05, 0.1) is 13.0 Å². The highest BCUT2D eigenvalue weighted by Gasteiger charge is 2.28. The van der Waals surface area contributed by atoms with Crippen molar-refractivity contribution in [2.24, 2.45) is 5.73 Å². The van der Waals surface area contributed by atoms with Gasteiger partial charge in [-0.15, -0.1) is 0 Å². The van der Waals surface area contributed by atoms with Crippen molar-refractivity contribution >= 4 is 17.8 Å². The predicted molar refractivity (Wildman–Crippen MR) is 117 cm³/mol. The average Bonchev–Trinajstić information content (AvgIpc) is 3.41. The summed E-state index contributed by atoms with van der Waals surface area (Å²) in [4.78, 5) is 24.2. The maximum absolute atomic E-state index is 12.5. The number of alkyl carbamates (subject to hydrolysis) is 1. The van der Waals surface area contributed by atoms with E-state index < -0.39 is 0 Å². The minimum atomic E-state index is -0.360. The highest BCUT2D eigenvalue weighted by molar-refractivity contribution is 5.91. The first-order valence-electron chi connectivity index (χ1n) is 10.8. The van der Waals surface area contributed by atoms with E-state index >= 15 is 0 Å². The van der Waals surface area contributed by atoms with Crippen molar-refractivity contribution in [3.63, 3.8) is 0 Å². The predicted octanol–water partition coefficient (Wildman–Crippen LogP) is 2.70. The van der Waals surface area contributed by atoms with Crippen molar-refractivity contribution in [1.29, 1.82) is 0 Å². The molecule has 1 fully saturated rings. The number of aromatic nitrogens is 2. The molecule has 0 spiro atoms. The Bertz CT molecular complexity index is 869. The third-order valence-electron chi connectivity index (χ3n) is 5.20. The molecule has 0 saturated heterocycles. The number of hydrogen-bond donors (Lipinski definition) is 4. The summed E-state index contributed by atoms with van der Waals surface area (Å²) in [5.74, 6) is 1.22. The molecule has 31 heavy (non-hydrogen) atoms. The molecule has 1 aromatic heterocycles. The first kappa shape index (κ1) is 22.6. The molecule has 1 heterocycles. The number of amides is 2. The topological polar surface area (TPSA) is 131 Å². The smallest absolute Gasteiger partial charge is 0.407 e. The molecular weight excluding hydrogens is 398 g/mol. The van der Waals surface area contributed by atoms with Crippen molar-refractivity contribution in [3.05, 3.63) is 41.6 Å². The molecule has 2 amide bonds. The number of carbonyl (C=O) groups excluding carboxylic acids is 2. The van der Waals surface area contributed by atoms with Gasteiger partial charge < -0.3 is 25.8 Å². The standard InChI is InChI=1S/C22H31N5O4/c1-2-10-31-22(29)24-17-8-7-15(12-17)18-14-20(27-26-18)25-21(28)13-16-5-3-4-6-19(16)30-11-9-23/h3-6,14-15,17H,2,7-13,23H2,1H3,(H,24,29)(H2,25,26,27,28)/t15-,17+/m1/s1. The number of benzene rings is 1. The second-order valence-corrected chi connectivity index (χ2v) is 7.67. The summed E-state index contributed by atoms with van der Waals surface area (Å²) < 4.78 is 10.7. The van der Waals surface area contributed by atoms with Crippen LogP contribution in [0.3, 0.4) is 0 Å². The number of nitrogens with one attached hydrogen (secondary N) is 3. The monoisotopic (exact) mass is 429 g/mol. The number of nitrogens with two attached hydrogens (primary N) is 1. The van der Waals surface area contributed by atoms with Gasteiger partial charge in [0.15, 0.2) is 5.82 Å². The van der Waals surface area contributed by atoms with Crippen LogP contribution in [-0.2, 0) is 16.0 Å². The van der Waals surface area contributed by atoms with Crippen molar-refractivity contribution in [3.8, 4) is 5.75 Å². The van der Waals surface area contributed by atoms with E-state index in [-0.39, 0.29) is 30.4 Å². The van der Waals surface area contributed by atoms with Crippen molar-refractivity contribution in [1.82, 2.24) is 15.5 Å². The minimum Gasteiger partial charge on any atom is -0.492 e. The molecular formula is C22H31N5O4. The average molecular weight is 430 g/mol. The molecule has 0 radical (unpaired) electrons. The lowest BCUT2D eigenvalue weighted by Crippen LogP contribution is -2.33. The van der Waals surface area contributed by atoms with E-state index in [4.69, 9.17) is 15.2 Å². The van der Waals surface area contributed by atoms with Crippen LogP contribution in [0, 0.1) is 0 Å². The molecule has 3 rings (SSSR count). The highest BCUT2D eigenvalue weighted by Crippen LogP contribution is 2.34. The summed E-state index contributed by atoms with van der Waals surface area (Å²) in [7, 11) is 0. The Morgan fingerprint density at radius 1 is 1.26 bits per heavy atom. The largest absolute Gasteiger partial charge is 0.492 e. The van der Waals surface area contributed by atoms with Gasteiger partial charge in [0.2, 0.25) is 5.91 Å². The molecule has 1 aromatic carbocycles. The zero-order valence-electron chi connectivity index (χ0n) is 17.9. The lowest BCUT2D eigenvalue weighted by Gasteiger charge is -2.12. The molecule has 168 valence electrons. The number of nitrogens with zero attached hydrogens (tertiary/aromatic N) is 1. The fourth-order valence-electron chi connectivity index (χ4n) is 3.73. The van der Waals surface area contributed by atoms with Gasteiger partial charge in [0.25, 0.3) is 0 Å². The molecule has 9 nitrogen and oxygen atoms in total. The molecule has 1 aliphatic carbocycles. The van der Waals surface area contributed by atoms with E-state index in [1.54, 1.807) is 0 Å². The molecule has 1 saturated carbocycles. The van der Waals surface area contributed by atoms with E-state index in [1.165, 1.54) is 0 Å². The molecule has 2 atom stereocenters. The SMILES string of the molecule is CCCOC(=O)N[C@H]1CC[C@@H](c2cc(NC(=O)Cc3ccccc3OCCN)n[nH]2)C1. The van der Waals surface area contributed by atoms with E-state index in [2.05, 4.69) is 20.8 Å². The maximum atomic E-state index is 12.5.